The number of benzene rings is 1. The topological polar surface area (TPSA) is 20.2 Å². The van der Waals surface area contributed by atoms with Gasteiger partial charge in [0.15, 0.2) is 0 Å². The van der Waals surface area contributed by atoms with Gasteiger partial charge in [-0.25, -0.2) is 0 Å². The van der Waals surface area contributed by atoms with Crippen molar-refractivity contribution in [3.8, 4) is 0 Å². The van der Waals surface area contributed by atoms with Crippen molar-refractivity contribution < 1.29 is 5.11 Å². The molecular formula is C17H24O. The van der Waals surface area contributed by atoms with E-state index in [0.717, 1.165) is 24.3 Å². The molecule has 2 rings (SSSR count). The molecule has 1 aromatic carbocycles. The normalized spacial score (nSPS) is 22.4. The van der Waals surface area contributed by atoms with Gasteiger partial charge in [0.05, 0.1) is 0 Å². The molecule has 0 amide bonds. The SMILES string of the molecule is CC(C)(C)C1CC=C(C(O)c2ccccc2)CC1. The molecule has 1 nitrogen and oxygen atoms in total. The van der Waals surface area contributed by atoms with Crippen LogP contribution < -0.4 is 0 Å². The number of aliphatic hydroxyl groups excluding tert-OH is 1. The van der Waals surface area contributed by atoms with Gasteiger partial charge >= 0.3 is 0 Å². The quantitative estimate of drug-likeness (QED) is 0.760. The van der Waals surface area contributed by atoms with Gasteiger partial charge in [-0.1, -0.05) is 57.2 Å². The molecule has 0 aliphatic heterocycles. The monoisotopic (exact) mass is 244 g/mol. The molecule has 0 aromatic heterocycles. The van der Waals surface area contributed by atoms with Crippen molar-refractivity contribution in [1.82, 2.24) is 0 Å². The van der Waals surface area contributed by atoms with E-state index in [-0.39, 0.29) is 0 Å². The molecule has 0 saturated heterocycles. The summed E-state index contributed by atoms with van der Waals surface area (Å²) in [7, 11) is 0. The third-order valence-electron chi connectivity index (χ3n) is 4.14. The highest BCUT2D eigenvalue weighted by atomic mass is 16.3. The van der Waals surface area contributed by atoms with E-state index in [2.05, 4.69) is 26.8 Å². The van der Waals surface area contributed by atoms with Crippen molar-refractivity contribution in [2.45, 2.75) is 46.1 Å². The van der Waals surface area contributed by atoms with Crippen LogP contribution in [-0.4, -0.2) is 5.11 Å². The van der Waals surface area contributed by atoms with Gasteiger partial charge in [-0.3, -0.25) is 0 Å². The summed E-state index contributed by atoms with van der Waals surface area (Å²) in [5, 5.41) is 10.4. The summed E-state index contributed by atoms with van der Waals surface area (Å²) in [6.45, 7) is 6.93. The summed E-state index contributed by atoms with van der Waals surface area (Å²) in [6, 6.07) is 9.96. The Morgan fingerprint density at radius 1 is 1.17 bits per heavy atom. The fourth-order valence-corrected chi connectivity index (χ4v) is 2.74. The van der Waals surface area contributed by atoms with E-state index in [1.165, 1.54) is 12.0 Å². The van der Waals surface area contributed by atoms with Gasteiger partial charge in [-0.05, 0) is 41.7 Å². The second kappa shape index (κ2) is 5.27. The van der Waals surface area contributed by atoms with Crippen molar-refractivity contribution in [1.29, 1.82) is 0 Å². The smallest absolute Gasteiger partial charge is 0.100 e. The van der Waals surface area contributed by atoms with E-state index in [4.69, 9.17) is 0 Å². The minimum atomic E-state index is -0.410. The zero-order valence-corrected chi connectivity index (χ0v) is 11.7. The van der Waals surface area contributed by atoms with E-state index in [9.17, 15) is 5.11 Å². The van der Waals surface area contributed by atoms with Crippen LogP contribution in [0.5, 0.6) is 0 Å². The predicted octanol–water partition coefficient (Wildman–Crippen LogP) is 4.49. The largest absolute Gasteiger partial charge is 0.384 e. The fraction of sp³-hybridized carbons (Fsp3) is 0.529. The lowest BCUT2D eigenvalue weighted by Gasteiger charge is -2.34. The first kappa shape index (κ1) is 13.4. The Hall–Kier alpha value is -1.08. The number of allylic oxidation sites excluding steroid dienone is 1. The molecule has 0 fully saturated rings. The van der Waals surface area contributed by atoms with E-state index in [1.807, 2.05) is 30.3 Å². The standard InChI is InChI=1S/C17H24O/c1-17(2,3)15-11-9-14(10-12-15)16(18)13-7-5-4-6-8-13/h4-9,15-16,18H,10-12H2,1-3H3. The molecule has 0 radical (unpaired) electrons. The molecule has 0 saturated carbocycles. The summed E-state index contributed by atoms with van der Waals surface area (Å²) in [5.74, 6) is 0.740. The first-order valence-electron chi connectivity index (χ1n) is 6.90. The molecule has 1 N–H and O–H groups in total. The summed E-state index contributed by atoms with van der Waals surface area (Å²) < 4.78 is 0. The highest BCUT2D eigenvalue weighted by Crippen LogP contribution is 2.39. The average molecular weight is 244 g/mol. The Morgan fingerprint density at radius 3 is 2.33 bits per heavy atom. The van der Waals surface area contributed by atoms with E-state index in [0.29, 0.717) is 5.41 Å². The Balaban J connectivity index is 2.06. The molecule has 0 heterocycles. The second-order valence-corrected chi connectivity index (χ2v) is 6.43. The first-order chi connectivity index (χ1) is 8.48. The van der Waals surface area contributed by atoms with Crippen molar-refractivity contribution in [2.24, 2.45) is 11.3 Å². The average Bonchev–Trinajstić information content (AvgIpc) is 2.38. The third kappa shape index (κ3) is 3.02. The van der Waals surface area contributed by atoms with Crippen LogP contribution in [-0.2, 0) is 0 Å². The van der Waals surface area contributed by atoms with E-state index in [1.54, 1.807) is 0 Å². The Morgan fingerprint density at radius 2 is 1.83 bits per heavy atom. The van der Waals surface area contributed by atoms with Crippen LogP contribution in [0.4, 0.5) is 0 Å². The van der Waals surface area contributed by atoms with Crippen LogP contribution in [0, 0.1) is 11.3 Å². The van der Waals surface area contributed by atoms with Gasteiger partial charge in [0.2, 0.25) is 0 Å². The van der Waals surface area contributed by atoms with Crippen LogP contribution in [0.15, 0.2) is 42.0 Å². The van der Waals surface area contributed by atoms with Crippen LogP contribution in [0.2, 0.25) is 0 Å². The maximum Gasteiger partial charge on any atom is 0.100 e. The molecule has 1 aliphatic carbocycles. The second-order valence-electron chi connectivity index (χ2n) is 6.43. The van der Waals surface area contributed by atoms with Crippen molar-refractivity contribution in [2.75, 3.05) is 0 Å². The number of rotatable bonds is 2. The minimum absolute atomic E-state index is 0.375. The molecular weight excluding hydrogens is 220 g/mol. The number of hydrogen-bond acceptors (Lipinski definition) is 1. The zero-order chi connectivity index (χ0) is 13.2. The van der Waals surface area contributed by atoms with E-state index >= 15 is 0 Å². The van der Waals surface area contributed by atoms with Gasteiger partial charge in [-0.15, -0.1) is 0 Å². The van der Waals surface area contributed by atoms with Crippen molar-refractivity contribution in [3.05, 3.63) is 47.5 Å². The van der Waals surface area contributed by atoms with Crippen LogP contribution >= 0.6 is 0 Å². The van der Waals surface area contributed by atoms with Gasteiger partial charge < -0.3 is 5.11 Å². The minimum Gasteiger partial charge on any atom is -0.384 e. The lowest BCUT2D eigenvalue weighted by atomic mass is 9.72. The maximum atomic E-state index is 10.4. The molecule has 1 aromatic rings. The van der Waals surface area contributed by atoms with E-state index < -0.39 is 6.10 Å². The van der Waals surface area contributed by atoms with Gasteiger partial charge in [-0.2, -0.15) is 0 Å². The molecule has 2 atom stereocenters. The summed E-state index contributed by atoms with van der Waals surface area (Å²) in [5.41, 5.74) is 2.58. The third-order valence-corrected chi connectivity index (χ3v) is 4.14. The zero-order valence-electron chi connectivity index (χ0n) is 11.7. The summed E-state index contributed by atoms with van der Waals surface area (Å²) in [4.78, 5) is 0. The van der Waals surface area contributed by atoms with Gasteiger partial charge in [0.25, 0.3) is 0 Å². The molecule has 0 spiro atoms. The number of hydrogen-bond donors (Lipinski definition) is 1. The lowest BCUT2D eigenvalue weighted by Crippen LogP contribution is -2.23. The molecule has 98 valence electrons. The lowest BCUT2D eigenvalue weighted by molar-refractivity contribution is 0.183. The highest BCUT2D eigenvalue weighted by molar-refractivity contribution is 5.27. The molecule has 2 unspecified atom stereocenters. The van der Waals surface area contributed by atoms with Crippen LogP contribution in [0.1, 0.15) is 51.7 Å². The Kier molecular flexibility index (Phi) is 3.91. The molecule has 1 aliphatic rings. The first-order valence-corrected chi connectivity index (χ1v) is 6.90. The Bertz CT molecular complexity index is 411. The predicted molar refractivity (Wildman–Crippen MR) is 76.3 cm³/mol. The van der Waals surface area contributed by atoms with Gasteiger partial charge in [0, 0.05) is 0 Å². The summed E-state index contributed by atoms with van der Waals surface area (Å²) in [6.07, 6.45) is 5.17. The van der Waals surface area contributed by atoms with Crippen LogP contribution in [0.3, 0.4) is 0 Å². The molecule has 0 bridgehead atoms. The molecule has 18 heavy (non-hydrogen) atoms. The van der Waals surface area contributed by atoms with Crippen molar-refractivity contribution >= 4 is 0 Å². The Labute approximate surface area is 111 Å². The van der Waals surface area contributed by atoms with Crippen LogP contribution in [0.25, 0.3) is 0 Å². The maximum absolute atomic E-state index is 10.4. The molecule has 1 heteroatoms. The summed E-state index contributed by atoms with van der Waals surface area (Å²) >= 11 is 0. The number of aliphatic hydroxyl groups is 1. The van der Waals surface area contributed by atoms with Crippen molar-refractivity contribution in [3.63, 3.8) is 0 Å². The van der Waals surface area contributed by atoms with Gasteiger partial charge in [0.1, 0.15) is 6.10 Å². The fourth-order valence-electron chi connectivity index (χ4n) is 2.74. The highest BCUT2D eigenvalue weighted by Gasteiger charge is 2.27.